The predicted molar refractivity (Wildman–Crippen MR) is 86.8 cm³/mol. The first-order valence-corrected chi connectivity index (χ1v) is 10.4. The van der Waals surface area contributed by atoms with Crippen LogP contribution in [0.15, 0.2) is 0 Å². The third kappa shape index (κ3) is 6.22. The highest BCUT2D eigenvalue weighted by atomic mass is 28.3. The lowest BCUT2D eigenvalue weighted by Crippen LogP contribution is -2.58. The molecule has 0 saturated heterocycles. The summed E-state index contributed by atoms with van der Waals surface area (Å²) in [6.45, 7) is 3.80. The van der Waals surface area contributed by atoms with Crippen LogP contribution >= 0.6 is 0 Å². The Hall–Kier alpha value is 0.0569. The maximum Gasteiger partial charge on any atom is 0.336 e. The van der Waals surface area contributed by atoms with E-state index in [1.54, 1.807) is 0 Å². The number of hydrogen-bond donors (Lipinski definition) is 3. The fourth-order valence-corrected chi connectivity index (χ4v) is 5.45. The van der Waals surface area contributed by atoms with Gasteiger partial charge in [-0.3, -0.25) is 5.32 Å². The molecule has 0 unspecified atom stereocenters. The van der Waals surface area contributed by atoms with Gasteiger partial charge in [0, 0.05) is 12.1 Å². The Labute approximate surface area is 126 Å². The summed E-state index contributed by atoms with van der Waals surface area (Å²) in [5.41, 5.74) is 0. The summed E-state index contributed by atoms with van der Waals surface area (Å²) in [4.78, 5) is 7.66. The topological polar surface area (TPSA) is 45.3 Å². The zero-order chi connectivity index (χ0) is 14.0. The minimum absolute atomic E-state index is 0.687. The zero-order valence-electron chi connectivity index (χ0n) is 13.1. The van der Waals surface area contributed by atoms with Crippen LogP contribution in [-0.4, -0.2) is 34.7 Å². The van der Waals surface area contributed by atoms with E-state index in [0.29, 0.717) is 18.8 Å². The van der Waals surface area contributed by atoms with E-state index in [4.69, 9.17) is 4.43 Å². The van der Waals surface area contributed by atoms with Crippen molar-refractivity contribution >= 4 is 9.36 Å². The van der Waals surface area contributed by atoms with E-state index >= 15 is 0 Å². The van der Waals surface area contributed by atoms with Crippen molar-refractivity contribution in [2.24, 2.45) is 0 Å². The molecule has 4 nitrogen and oxygen atoms in total. The molecule has 0 atom stereocenters. The fourth-order valence-electron chi connectivity index (χ4n) is 3.36. The highest BCUT2D eigenvalue weighted by molar-refractivity contribution is 6.46. The Balaban J connectivity index is 1.75. The van der Waals surface area contributed by atoms with E-state index in [1.807, 2.05) is 0 Å². The van der Waals surface area contributed by atoms with Gasteiger partial charge < -0.3 is 14.4 Å². The fraction of sp³-hybridized carbons (Fsp3) is 1.00. The van der Waals surface area contributed by atoms with Gasteiger partial charge in [-0.15, -0.1) is 0 Å². The lowest BCUT2D eigenvalue weighted by atomic mass is 9.96. The molecule has 20 heavy (non-hydrogen) atoms. The number of rotatable bonds is 8. The van der Waals surface area contributed by atoms with Crippen LogP contribution < -0.4 is 15.3 Å². The first-order chi connectivity index (χ1) is 9.88. The number of hydrogen-bond acceptors (Lipinski definition) is 4. The maximum absolute atomic E-state index is 6.09. The van der Waals surface area contributed by atoms with Gasteiger partial charge in [0.2, 0.25) is 0 Å². The first kappa shape index (κ1) is 16.4. The van der Waals surface area contributed by atoms with Gasteiger partial charge in [0.1, 0.15) is 0 Å². The second kappa shape index (κ2) is 9.90. The molecule has 0 radical (unpaired) electrons. The SMILES string of the molecule is CCNCO[SiH](NC1CCCCC1)NC1CCCCC1. The van der Waals surface area contributed by atoms with Gasteiger partial charge in [0.15, 0.2) is 0 Å². The molecule has 2 aliphatic carbocycles. The van der Waals surface area contributed by atoms with Crippen LogP contribution in [0.2, 0.25) is 0 Å². The van der Waals surface area contributed by atoms with Gasteiger partial charge in [-0.05, 0) is 32.2 Å². The summed E-state index contributed by atoms with van der Waals surface area (Å²) >= 11 is 0. The largest absolute Gasteiger partial charge is 0.381 e. The molecule has 0 heterocycles. The molecular weight excluding hydrogens is 266 g/mol. The molecule has 2 saturated carbocycles. The third-order valence-corrected chi connectivity index (χ3v) is 6.63. The molecule has 5 heteroatoms. The summed E-state index contributed by atoms with van der Waals surface area (Å²) in [7, 11) is -1.47. The van der Waals surface area contributed by atoms with Crippen LogP contribution in [0.5, 0.6) is 0 Å². The molecule has 0 aliphatic heterocycles. The molecule has 0 bridgehead atoms. The van der Waals surface area contributed by atoms with Crippen molar-refractivity contribution in [3.63, 3.8) is 0 Å². The van der Waals surface area contributed by atoms with E-state index in [0.717, 1.165) is 6.54 Å². The molecule has 0 spiro atoms. The summed E-state index contributed by atoms with van der Waals surface area (Å²) in [5, 5.41) is 3.29. The lowest BCUT2D eigenvalue weighted by Gasteiger charge is -2.31. The quantitative estimate of drug-likeness (QED) is 0.365. The second-order valence-electron chi connectivity index (χ2n) is 6.30. The monoisotopic (exact) mass is 299 g/mol. The minimum Gasteiger partial charge on any atom is -0.381 e. The Bertz CT molecular complexity index is 223. The molecule has 0 aromatic rings. The van der Waals surface area contributed by atoms with Crippen molar-refractivity contribution < 1.29 is 4.43 Å². The van der Waals surface area contributed by atoms with Crippen LogP contribution in [0.4, 0.5) is 0 Å². The highest BCUT2D eigenvalue weighted by Gasteiger charge is 2.24. The average molecular weight is 300 g/mol. The molecule has 2 aliphatic rings. The van der Waals surface area contributed by atoms with E-state index in [9.17, 15) is 0 Å². The number of nitrogens with one attached hydrogen (secondary N) is 3. The Kier molecular flexibility index (Phi) is 8.13. The van der Waals surface area contributed by atoms with E-state index < -0.39 is 9.36 Å². The molecule has 0 amide bonds. The summed E-state index contributed by atoms with van der Waals surface area (Å²) in [6, 6.07) is 1.39. The van der Waals surface area contributed by atoms with Gasteiger partial charge in [-0.2, -0.15) is 0 Å². The van der Waals surface area contributed by atoms with Gasteiger partial charge in [-0.25, -0.2) is 0 Å². The lowest BCUT2D eigenvalue weighted by molar-refractivity contribution is 0.254. The average Bonchev–Trinajstić information content (AvgIpc) is 2.49. The van der Waals surface area contributed by atoms with Crippen molar-refractivity contribution in [2.45, 2.75) is 83.2 Å². The molecule has 2 rings (SSSR count). The summed E-state index contributed by atoms with van der Waals surface area (Å²) in [5.74, 6) is 0. The molecule has 0 aromatic carbocycles. The summed E-state index contributed by atoms with van der Waals surface area (Å²) in [6.07, 6.45) is 13.7. The summed E-state index contributed by atoms with van der Waals surface area (Å²) < 4.78 is 6.09. The second-order valence-corrected chi connectivity index (χ2v) is 8.06. The zero-order valence-corrected chi connectivity index (χ0v) is 14.3. The van der Waals surface area contributed by atoms with Crippen LogP contribution in [0.1, 0.15) is 71.1 Å². The molecular formula is C15H33N3OSi. The van der Waals surface area contributed by atoms with Crippen LogP contribution in [0, 0.1) is 0 Å². The van der Waals surface area contributed by atoms with Crippen molar-refractivity contribution in [2.75, 3.05) is 13.3 Å². The van der Waals surface area contributed by atoms with Crippen molar-refractivity contribution in [1.82, 2.24) is 15.3 Å². The van der Waals surface area contributed by atoms with Crippen molar-refractivity contribution in [3.8, 4) is 0 Å². The van der Waals surface area contributed by atoms with Crippen LogP contribution in [0.3, 0.4) is 0 Å². The highest BCUT2D eigenvalue weighted by Crippen LogP contribution is 2.19. The Morgan fingerprint density at radius 1 is 0.850 bits per heavy atom. The van der Waals surface area contributed by atoms with Crippen LogP contribution in [-0.2, 0) is 4.43 Å². The molecule has 2 fully saturated rings. The smallest absolute Gasteiger partial charge is 0.336 e. The molecule has 3 N–H and O–H groups in total. The van der Waals surface area contributed by atoms with Gasteiger partial charge in [-0.1, -0.05) is 45.4 Å². The third-order valence-electron chi connectivity index (χ3n) is 4.59. The molecule has 118 valence electrons. The van der Waals surface area contributed by atoms with Crippen molar-refractivity contribution in [3.05, 3.63) is 0 Å². The van der Waals surface area contributed by atoms with E-state index in [1.165, 1.54) is 64.2 Å². The van der Waals surface area contributed by atoms with Gasteiger partial charge in [0.25, 0.3) is 0 Å². The van der Waals surface area contributed by atoms with Crippen LogP contribution in [0.25, 0.3) is 0 Å². The normalized spacial score (nSPS) is 22.5. The predicted octanol–water partition coefficient (Wildman–Crippen LogP) is 2.13. The van der Waals surface area contributed by atoms with Gasteiger partial charge in [0.05, 0.1) is 6.73 Å². The standard InChI is InChI=1S/C15H33N3OSi/c1-2-16-13-19-20(17-14-9-5-3-6-10-14)18-15-11-7-4-8-12-15/h14-18,20H,2-13H2,1H3. The molecule has 0 aromatic heterocycles. The van der Waals surface area contributed by atoms with Crippen molar-refractivity contribution in [1.29, 1.82) is 0 Å². The van der Waals surface area contributed by atoms with Gasteiger partial charge >= 0.3 is 9.36 Å². The van der Waals surface area contributed by atoms with E-state index in [-0.39, 0.29) is 0 Å². The Morgan fingerprint density at radius 3 is 1.80 bits per heavy atom. The minimum atomic E-state index is -1.47. The first-order valence-electron chi connectivity index (χ1n) is 8.73. The van der Waals surface area contributed by atoms with E-state index in [2.05, 4.69) is 22.2 Å². The Morgan fingerprint density at radius 2 is 1.35 bits per heavy atom. The maximum atomic E-state index is 6.09.